The molecule has 9 rings (SSSR count). The third kappa shape index (κ3) is 9.89. The second-order valence-corrected chi connectivity index (χ2v) is 20.1. The average molecular weight is 956 g/mol. The Morgan fingerprint density at radius 1 is 0.662 bits per heavy atom. The van der Waals surface area contributed by atoms with Crippen molar-refractivity contribution in [1.82, 2.24) is 20.7 Å². The first-order valence-corrected chi connectivity index (χ1v) is 23.2. The van der Waals surface area contributed by atoms with Gasteiger partial charge in [0.15, 0.2) is 11.7 Å². The molecule has 6 aliphatic rings. The first-order chi connectivity index (χ1) is 30.8. The number of ether oxygens (including phenoxy) is 4. The molecule has 2 fully saturated rings. The van der Waals surface area contributed by atoms with Crippen LogP contribution in [-0.4, -0.2) is 108 Å². The smallest absolute Gasteiger partial charge is 0.410 e. The number of hydrogen-bond acceptors (Lipinski definition) is 12. The molecule has 2 unspecified atom stereocenters. The van der Waals surface area contributed by atoms with Gasteiger partial charge in [-0.15, -0.1) is 0 Å². The molecule has 16 nitrogen and oxygen atoms in total. The van der Waals surface area contributed by atoms with Crippen molar-refractivity contribution in [2.75, 3.05) is 49.2 Å². The van der Waals surface area contributed by atoms with Gasteiger partial charge in [0.05, 0.1) is 11.4 Å². The second kappa shape index (κ2) is 18.2. The Labute approximate surface area is 388 Å². The Kier molecular flexibility index (Phi) is 12.8. The minimum Gasteiger partial charge on any atom is -0.483 e. The van der Waals surface area contributed by atoms with Gasteiger partial charge in [0.1, 0.15) is 48.0 Å². The van der Waals surface area contributed by atoms with Gasteiger partial charge in [-0.2, -0.15) is 10.2 Å². The molecule has 0 radical (unpaired) electrons. The van der Waals surface area contributed by atoms with Crippen molar-refractivity contribution >= 4 is 63.0 Å². The first-order valence-electron chi connectivity index (χ1n) is 22.4. The highest BCUT2D eigenvalue weighted by Crippen LogP contribution is 2.46. The molecule has 0 spiro atoms. The van der Waals surface area contributed by atoms with E-state index in [-0.39, 0.29) is 42.0 Å². The van der Waals surface area contributed by atoms with Crippen molar-refractivity contribution in [1.29, 1.82) is 0 Å². The van der Waals surface area contributed by atoms with E-state index < -0.39 is 11.2 Å². The summed E-state index contributed by atoms with van der Waals surface area (Å²) in [4.78, 5) is 57.0. The lowest BCUT2D eigenvalue weighted by Gasteiger charge is -2.39. The number of anilines is 2. The summed E-state index contributed by atoms with van der Waals surface area (Å²) < 4.78 is 24.0. The van der Waals surface area contributed by atoms with Gasteiger partial charge in [-0.1, -0.05) is 46.3 Å². The van der Waals surface area contributed by atoms with E-state index in [0.717, 1.165) is 69.7 Å². The largest absolute Gasteiger partial charge is 0.483 e. The van der Waals surface area contributed by atoms with Crippen molar-refractivity contribution in [3.8, 4) is 22.6 Å². The Bertz CT molecular complexity index is 2400. The summed E-state index contributed by atoms with van der Waals surface area (Å²) in [6.07, 6.45) is 2.83. The molecule has 3 aromatic carbocycles. The number of carbonyl (C=O) groups excluding carboxylic acids is 4. The van der Waals surface area contributed by atoms with E-state index in [1.165, 1.54) is 5.56 Å². The fourth-order valence-electron chi connectivity index (χ4n) is 9.07. The third-order valence-electron chi connectivity index (χ3n) is 12.4. The molecule has 3 aromatic rings. The van der Waals surface area contributed by atoms with Crippen molar-refractivity contribution in [3.05, 3.63) is 70.2 Å². The summed E-state index contributed by atoms with van der Waals surface area (Å²) in [5.41, 5.74) is 10.4. The highest BCUT2D eigenvalue weighted by molar-refractivity contribution is 9.10. The zero-order valence-electron chi connectivity index (χ0n) is 38.4. The highest BCUT2D eigenvalue weighted by Gasteiger charge is 2.39. The van der Waals surface area contributed by atoms with Gasteiger partial charge in [0.25, 0.3) is 11.8 Å². The molecule has 0 aliphatic carbocycles. The van der Waals surface area contributed by atoms with E-state index in [9.17, 15) is 19.2 Å². The highest BCUT2D eigenvalue weighted by atomic mass is 79.9. The maximum absolute atomic E-state index is 12.6. The number of fused-ring (bicyclic) bond motifs is 6. The lowest BCUT2D eigenvalue weighted by molar-refractivity contribution is -0.123. The SMILES string of the molecule is CC1C(=O)NN=C2COc3cc(-c4ccccc4)c(C4CCN(C(=O)OC(C)(C)C)CC4)cc3N21.CC1C(=O)NN=C2COc3cc(Br)c(C4CCN(C(=O)OC(C)(C)C)CC4)cc3N21. The predicted octanol–water partition coefficient (Wildman–Crippen LogP) is 8.09. The minimum absolute atomic E-state index is 0.137. The summed E-state index contributed by atoms with van der Waals surface area (Å²) in [6, 6.07) is 17.9. The third-order valence-corrected chi connectivity index (χ3v) is 13.1. The number of nitrogens with zero attached hydrogens (tertiary/aromatic N) is 6. The lowest BCUT2D eigenvalue weighted by Crippen LogP contribution is -2.55. The van der Waals surface area contributed by atoms with E-state index in [0.29, 0.717) is 57.0 Å². The molecule has 2 N–H and O–H groups in total. The fourth-order valence-corrected chi connectivity index (χ4v) is 9.71. The predicted molar refractivity (Wildman–Crippen MR) is 252 cm³/mol. The number of hydrazone groups is 2. The lowest BCUT2D eigenvalue weighted by atomic mass is 9.83. The summed E-state index contributed by atoms with van der Waals surface area (Å²) in [7, 11) is 0. The fraction of sp³-hybridized carbons (Fsp3) is 0.500. The maximum atomic E-state index is 12.6. The zero-order chi connectivity index (χ0) is 46.4. The van der Waals surface area contributed by atoms with Gasteiger partial charge in [-0.3, -0.25) is 9.59 Å². The van der Waals surface area contributed by atoms with Crippen LogP contribution in [0.3, 0.4) is 0 Å². The minimum atomic E-state index is -0.510. The van der Waals surface area contributed by atoms with Crippen LogP contribution in [0.2, 0.25) is 0 Å². The van der Waals surface area contributed by atoms with Crippen LogP contribution in [0, 0.1) is 0 Å². The molecular weight excluding hydrogens is 896 g/mol. The molecule has 17 heteroatoms. The van der Waals surface area contributed by atoms with E-state index in [1.807, 2.05) is 89.5 Å². The monoisotopic (exact) mass is 954 g/mol. The van der Waals surface area contributed by atoms with E-state index in [1.54, 1.807) is 9.80 Å². The van der Waals surface area contributed by atoms with Crippen LogP contribution in [0.1, 0.15) is 104 Å². The van der Waals surface area contributed by atoms with Crippen LogP contribution in [0.5, 0.6) is 11.5 Å². The summed E-state index contributed by atoms with van der Waals surface area (Å²) in [6.45, 7) is 18.2. The van der Waals surface area contributed by atoms with Gasteiger partial charge < -0.3 is 38.5 Å². The van der Waals surface area contributed by atoms with Gasteiger partial charge >= 0.3 is 12.2 Å². The quantitative estimate of drug-likeness (QED) is 0.262. The number of carbonyl (C=O) groups is 4. The van der Waals surface area contributed by atoms with Crippen molar-refractivity contribution in [2.45, 2.75) is 116 Å². The average Bonchev–Trinajstić information content (AvgIpc) is 3.27. The van der Waals surface area contributed by atoms with Crippen LogP contribution < -0.4 is 30.1 Å². The molecule has 6 aliphatic heterocycles. The number of piperidine rings is 2. The summed E-state index contributed by atoms with van der Waals surface area (Å²) in [5, 5.41) is 8.38. The Morgan fingerprint density at radius 2 is 1.09 bits per heavy atom. The molecule has 2 saturated heterocycles. The van der Waals surface area contributed by atoms with Crippen molar-refractivity contribution in [2.24, 2.45) is 10.2 Å². The van der Waals surface area contributed by atoms with Gasteiger partial charge in [0.2, 0.25) is 0 Å². The Hall–Kier alpha value is -5.84. The van der Waals surface area contributed by atoms with Gasteiger partial charge in [-0.05, 0) is 139 Å². The van der Waals surface area contributed by atoms with Crippen LogP contribution in [0.4, 0.5) is 21.0 Å². The van der Waals surface area contributed by atoms with Crippen molar-refractivity contribution in [3.63, 3.8) is 0 Å². The summed E-state index contributed by atoms with van der Waals surface area (Å²) >= 11 is 3.70. The molecule has 2 atom stereocenters. The van der Waals surface area contributed by atoms with Crippen molar-refractivity contribution < 1.29 is 38.1 Å². The molecule has 6 heterocycles. The number of benzene rings is 3. The number of amidine groups is 2. The molecule has 0 bridgehead atoms. The molecule has 346 valence electrons. The van der Waals surface area contributed by atoms with Crippen LogP contribution >= 0.6 is 15.9 Å². The zero-order valence-corrected chi connectivity index (χ0v) is 40.0. The number of likely N-dealkylation sites (tertiary alicyclic amines) is 2. The van der Waals surface area contributed by atoms with Crippen LogP contribution in [-0.2, 0) is 19.1 Å². The number of halogens is 1. The number of hydrogen-bond donors (Lipinski definition) is 2. The number of amides is 4. The standard InChI is InChI=1S/C27H32N4O4.C21H27BrN4O4/c1-17-25(32)29-28-24-16-34-23-15-21(18-8-6-5-7-9-18)20(14-22(23)31(17)24)19-10-12-30(13-11-19)26(33)35-27(2,3)4;1-12-19(27)24-23-18-11-29-17-10-15(22)14(9-16(17)26(12)18)13-5-7-25(8-6-13)20(28)30-21(2,3)4/h5-9,14-15,17,19H,10-13,16H2,1-4H3,(H,29,32);9-10,12-13H,5-8,11H2,1-4H3,(H,24,27). The molecular formula is C48H59BrN8O8. The van der Waals surface area contributed by atoms with E-state index >= 15 is 0 Å². The Morgan fingerprint density at radius 3 is 1.55 bits per heavy atom. The first kappa shape index (κ1) is 45.7. The number of nitrogens with one attached hydrogen (secondary N) is 2. The maximum Gasteiger partial charge on any atom is 0.410 e. The van der Waals surface area contributed by atoms with E-state index in [2.05, 4.69) is 67.3 Å². The Balaban J connectivity index is 0.000000179. The second-order valence-electron chi connectivity index (χ2n) is 19.3. The molecule has 0 aromatic heterocycles. The van der Waals surface area contributed by atoms with Crippen LogP contribution in [0.15, 0.2) is 69.3 Å². The summed E-state index contributed by atoms with van der Waals surface area (Å²) in [5.74, 6) is 3.15. The van der Waals surface area contributed by atoms with Crippen LogP contribution in [0.25, 0.3) is 11.1 Å². The topological polar surface area (TPSA) is 167 Å². The van der Waals surface area contributed by atoms with Gasteiger partial charge in [0, 0.05) is 30.7 Å². The van der Waals surface area contributed by atoms with E-state index in [4.69, 9.17) is 18.9 Å². The van der Waals surface area contributed by atoms with Gasteiger partial charge in [-0.25, -0.2) is 20.4 Å². The molecule has 4 amide bonds. The normalized spacial score (nSPS) is 21.0. The molecule has 0 saturated carbocycles. The number of rotatable bonds is 3. The molecule has 65 heavy (non-hydrogen) atoms.